The van der Waals surface area contributed by atoms with E-state index in [1.165, 1.54) is 36.4 Å². The van der Waals surface area contributed by atoms with Gasteiger partial charge in [-0.15, -0.1) is 0 Å². The molecule has 0 saturated heterocycles. The first-order chi connectivity index (χ1) is 10.4. The van der Waals surface area contributed by atoms with Crippen LogP contribution < -0.4 is 5.84 Å². The van der Waals surface area contributed by atoms with Gasteiger partial charge in [0.05, 0.1) is 16.5 Å². The SMILES string of the molecule is Cc1ccc(S(=O)(=O)N(N)C(=O)c2ccc(C#N)cc2)cc1. The van der Waals surface area contributed by atoms with Crippen molar-refractivity contribution in [1.29, 1.82) is 5.26 Å². The number of hydrogen-bond acceptors (Lipinski definition) is 5. The molecule has 0 heterocycles. The third kappa shape index (κ3) is 2.98. The van der Waals surface area contributed by atoms with Gasteiger partial charge in [0.2, 0.25) is 0 Å². The molecular formula is C15H13N3O3S. The van der Waals surface area contributed by atoms with Crippen LogP contribution in [0.4, 0.5) is 0 Å². The third-order valence-electron chi connectivity index (χ3n) is 3.04. The van der Waals surface area contributed by atoms with Crippen molar-refractivity contribution in [2.75, 3.05) is 0 Å². The fourth-order valence-corrected chi connectivity index (χ4v) is 2.78. The van der Waals surface area contributed by atoms with Crippen LogP contribution in [0.1, 0.15) is 21.5 Å². The Hall–Kier alpha value is -2.69. The van der Waals surface area contributed by atoms with Crippen LogP contribution in [0.3, 0.4) is 0 Å². The molecule has 0 unspecified atom stereocenters. The van der Waals surface area contributed by atoms with Crippen LogP contribution in [0.25, 0.3) is 0 Å². The van der Waals surface area contributed by atoms with Crippen molar-refractivity contribution in [2.24, 2.45) is 5.84 Å². The van der Waals surface area contributed by atoms with E-state index < -0.39 is 15.9 Å². The smallest absolute Gasteiger partial charge is 0.266 e. The Morgan fingerprint density at radius 3 is 2.14 bits per heavy atom. The minimum Gasteiger partial charge on any atom is -0.266 e. The lowest BCUT2D eigenvalue weighted by atomic mass is 10.1. The molecule has 1 amide bonds. The van der Waals surface area contributed by atoms with Crippen molar-refractivity contribution in [3.63, 3.8) is 0 Å². The molecular weight excluding hydrogens is 302 g/mol. The van der Waals surface area contributed by atoms with E-state index in [4.69, 9.17) is 11.1 Å². The highest BCUT2D eigenvalue weighted by atomic mass is 32.2. The molecule has 0 saturated carbocycles. The minimum atomic E-state index is -4.12. The van der Waals surface area contributed by atoms with E-state index in [0.29, 0.717) is 5.56 Å². The highest BCUT2D eigenvalue weighted by molar-refractivity contribution is 7.89. The Balaban J connectivity index is 2.32. The standard InChI is InChI=1S/C15H13N3O3S/c1-11-2-8-14(9-3-11)22(20,21)18(17)15(19)13-6-4-12(10-16)5-7-13/h2-9H,17H2,1H3. The number of rotatable bonds is 3. The van der Waals surface area contributed by atoms with Crippen LogP contribution in [0.15, 0.2) is 53.4 Å². The fourth-order valence-electron chi connectivity index (χ4n) is 1.75. The molecule has 0 aliphatic rings. The average Bonchev–Trinajstić information content (AvgIpc) is 2.54. The second kappa shape index (κ2) is 5.97. The maximum atomic E-state index is 12.3. The molecule has 2 rings (SSSR count). The highest BCUT2D eigenvalue weighted by Gasteiger charge is 2.27. The van der Waals surface area contributed by atoms with Crippen molar-refractivity contribution in [2.45, 2.75) is 11.8 Å². The Kier molecular flexibility index (Phi) is 4.26. The van der Waals surface area contributed by atoms with Crippen molar-refractivity contribution in [3.8, 4) is 6.07 Å². The van der Waals surface area contributed by atoms with Gasteiger partial charge in [0.1, 0.15) is 0 Å². The average molecular weight is 315 g/mol. The number of carbonyl (C=O) groups is 1. The number of nitrogens with two attached hydrogens (primary N) is 1. The predicted octanol–water partition coefficient (Wildman–Crippen LogP) is 1.57. The van der Waals surface area contributed by atoms with E-state index >= 15 is 0 Å². The molecule has 22 heavy (non-hydrogen) atoms. The quantitative estimate of drug-likeness (QED) is 0.526. The number of hydrazine groups is 1. The Morgan fingerprint density at radius 2 is 1.64 bits per heavy atom. The fraction of sp³-hybridized carbons (Fsp3) is 0.0667. The van der Waals surface area contributed by atoms with E-state index in [-0.39, 0.29) is 14.9 Å². The number of nitriles is 1. The van der Waals surface area contributed by atoms with Crippen LogP contribution in [-0.2, 0) is 10.0 Å². The summed E-state index contributed by atoms with van der Waals surface area (Å²) in [5, 5.41) is 8.71. The second-order valence-corrected chi connectivity index (χ2v) is 6.42. The van der Waals surface area contributed by atoms with Crippen LogP contribution in [0.2, 0.25) is 0 Å². The number of carbonyl (C=O) groups excluding carboxylic acids is 1. The summed E-state index contributed by atoms with van der Waals surface area (Å²) in [7, 11) is -4.12. The van der Waals surface area contributed by atoms with Gasteiger partial charge >= 0.3 is 0 Å². The molecule has 2 aromatic rings. The molecule has 0 atom stereocenters. The summed E-state index contributed by atoms with van der Waals surface area (Å²) in [5.74, 6) is 4.63. The lowest BCUT2D eigenvalue weighted by Gasteiger charge is -2.17. The number of benzene rings is 2. The number of amides is 1. The van der Waals surface area contributed by atoms with Crippen molar-refractivity contribution in [3.05, 3.63) is 65.2 Å². The summed E-state index contributed by atoms with van der Waals surface area (Å²) < 4.78 is 24.8. The van der Waals surface area contributed by atoms with Gasteiger partial charge in [-0.05, 0) is 43.3 Å². The first-order valence-corrected chi connectivity index (χ1v) is 7.71. The summed E-state index contributed by atoms with van der Waals surface area (Å²) in [6, 6.07) is 13.5. The third-order valence-corrected chi connectivity index (χ3v) is 4.59. The molecule has 0 radical (unpaired) electrons. The number of aryl methyl sites for hydroxylation is 1. The summed E-state index contributed by atoms with van der Waals surface area (Å²) in [4.78, 5) is 12.1. The molecule has 0 aliphatic carbocycles. The van der Waals surface area contributed by atoms with Gasteiger partial charge in [-0.2, -0.15) is 18.1 Å². The molecule has 0 spiro atoms. The zero-order valence-electron chi connectivity index (χ0n) is 11.7. The summed E-state index contributed by atoms with van der Waals surface area (Å²) in [6.45, 7) is 1.82. The van der Waals surface area contributed by atoms with Gasteiger partial charge < -0.3 is 0 Å². The molecule has 0 aliphatic heterocycles. The minimum absolute atomic E-state index is 0.0670. The summed E-state index contributed by atoms with van der Waals surface area (Å²) in [6.07, 6.45) is 0. The van der Waals surface area contributed by atoms with Gasteiger partial charge in [0.25, 0.3) is 15.9 Å². The van der Waals surface area contributed by atoms with E-state index in [9.17, 15) is 13.2 Å². The topological polar surface area (TPSA) is 104 Å². The largest absolute Gasteiger partial charge is 0.282 e. The molecule has 2 N–H and O–H groups in total. The Labute approximate surface area is 128 Å². The van der Waals surface area contributed by atoms with Gasteiger partial charge in [-0.3, -0.25) is 4.79 Å². The molecule has 112 valence electrons. The number of sulfonamides is 1. The number of hydrogen-bond donors (Lipinski definition) is 1. The molecule has 0 bridgehead atoms. The van der Waals surface area contributed by atoms with Crippen molar-refractivity contribution in [1.82, 2.24) is 4.41 Å². The predicted molar refractivity (Wildman–Crippen MR) is 79.9 cm³/mol. The van der Waals surface area contributed by atoms with Crippen LogP contribution in [0.5, 0.6) is 0 Å². The molecule has 0 fully saturated rings. The van der Waals surface area contributed by atoms with Gasteiger partial charge in [-0.1, -0.05) is 17.7 Å². The zero-order valence-corrected chi connectivity index (χ0v) is 12.5. The molecule has 7 heteroatoms. The van der Waals surface area contributed by atoms with Crippen LogP contribution in [-0.4, -0.2) is 18.7 Å². The van der Waals surface area contributed by atoms with E-state index in [1.54, 1.807) is 12.1 Å². The van der Waals surface area contributed by atoms with E-state index in [0.717, 1.165) is 5.56 Å². The Bertz CT molecular complexity index is 835. The molecule has 2 aromatic carbocycles. The normalized spacial score (nSPS) is 10.8. The number of nitrogens with zero attached hydrogens (tertiary/aromatic N) is 2. The first kappa shape index (κ1) is 15.7. The highest BCUT2D eigenvalue weighted by Crippen LogP contribution is 2.16. The van der Waals surface area contributed by atoms with Crippen LogP contribution in [0, 0.1) is 18.3 Å². The van der Waals surface area contributed by atoms with Crippen molar-refractivity contribution >= 4 is 15.9 Å². The lowest BCUT2D eigenvalue weighted by Crippen LogP contribution is -2.42. The maximum Gasteiger partial charge on any atom is 0.282 e. The van der Waals surface area contributed by atoms with Gasteiger partial charge in [-0.25, -0.2) is 5.84 Å². The van der Waals surface area contributed by atoms with Gasteiger partial charge in [0, 0.05) is 5.56 Å². The van der Waals surface area contributed by atoms with Crippen LogP contribution >= 0.6 is 0 Å². The first-order valence-electron chi connectivity index (χ1n) is 6.27. The van der Waals surface area contributed by atoms with E-state index in [1.807, 2.05) is 13.0 Å². The summed E-state index contributed by atoms with van der Waals surface area (Å²) in [5.41, 5.74) is 1.33. The Morgan fingerprint density at radius 1 is 1.09 bits per heavy atom. The molecule has 6 nitrogen and oxygen atoms in total. The monoisotopic (exact) mass is 315 g/mol. The van der Waals surface area contributed by atoms with Crippen molar-refractivity contribution < 1.29 is 13.2 Å². The molecule has 0 aromatic heterocycles. The lowest BCUT2D eigenvalue weighted by molar-refractivity contribution is 0.0861. The zero-order chi connectivity index (χ0) is 16.3. The van der Waals surface area contributed by atoms with Gasteiger partial charge in [0.15, 0.2) is 0 Å². The summed E-state index contributed by atoms with van der Waals surface area (Å²) >= 11 is 0. The second-order valence-electron chi connectivity index (χ2n) is 4.61. The maximum absolute atomic E-state index is 12.3. The van der Waals surface area contributed by atoms with E-state index in [2.05, 4.69) is 0 Å².